The first-order chi connectivity index (χ1) is 9.31. The highest BCUT2D eigenvalue weighted by atomic mass is 79.9. The van der Waals surface area contributed by atoms with Crippen LogP contribution in [0.2, 0.25) is 0 Å². The van der Waals surface area contributed by atoms with Gasteiger partial charge in [0.1, 0.15) is 0 Å². The third-order valence-corrected chi connectivity index (χ3v) is 4.34. The maximum absolute atomic E-state index is 4.20. The number of benzene rings is 1. The van der Waals surface area contributed by atoms with E-state index < -0.39 is 0 Å². The summed E-state index contributed by atoms with van der Waals surface area (Å²) >= 11 is 3.48. The summed E-state index contributed by atoms with van der Waals surface area (Å²) in [7, 11) is 0. The normalized spacial score (nSPS) is 22.2. The van der Waals surface area contributed by atoms with Gasteiger partial charge in [-0.1, -0.05) is 28.1 Å². The molecule has 4 heteroatoms. The van der Waals surface area contributed by atoms with Crippen LogP contribution in [0.1, 0.15) is 24.3 Å². The second kappa shape index (κ2) is 5.88. The lowest BCUT2D eigenvalue weighted by Gasteiger charge is -2.36. The topological polar surface area (TPSA) is 29.9 Å². The van der Waals surface area contributed by atoms with Gasteiger partial charge in [-0.3, -0.25) is 4.68 Å². The van der Waals surface area contributed by atoms with E-state index in [1.165, 1.54) is 18.4 Å². The molecular weight excluding hydrogens is 302 g/mol. The van der Waals surface area contributed by atoms with Crippen LogP contribution in [0.4, 0.5) is 0 Å². The summed E-state index contributed by atoms with van der Waals surface area (Å²) in [4.78, 5) is 0. The van der Waals surface area contributed by atoms with Gasteiger partial charge in [-0.25, -0.2) is 0 Å². The first-order valence-corrected chi connectivity index (χ1v) is 7.57. The van der Waals surface area contributed by atoms with E-state index >= 15 is 0 Å². The number of nitrogens with zero attached hydrogens (tertiary/aromatic N) is 2. The Bertz CT molecular complexity index is 501. The molecule has 1 saturated carbocycles. The Morgan fingerprint density at radius 3 is 2.74 bits per heavy atom. The molecule has 0 atom stereocenters. The molecule has 1 N–H and O–H groups in total. The minimum absolute atomic E-state index is 0.671. The molecule has 0 unspecified atom stereocenters. The first kappa shape index (κ1) is 12.9. The van der Waals surface area contributed by atoms with Crippen molar-refractivity contribution in [2.45, 2.75) is 31.3 Å². The predicted molar refractivity (Wildman–Crippen MR) is 80.1 cm³/mol. The molecule has 100 valence electrons. The number of halogens is 1. The van der Waals surface area contributed by atoms with Gasteiger partial charge in [0.25, 0.3) is 0 Å². The lowest BCUT2D eigenvalue weighted by molar-refractivity contribution is 0.286. The molecule has 0 amide bonds. The predicted octanol–water partition coefficient (Wildman–Crippen LogP) is 3.18. The monoisotopic (exact) mass is 319 g/mol. The summed E-state index contributed by atoms with van der Waals surface area (Å²) in [5.74, 6) is 0.732. The molecule has 19 heavy (non-hydrogen) atoms. The van der Waals surface area contributed by atoms with Crippen molar-refractivity contribution in [3.8, 4) is 0 Å². The SMILES string of the molecule is Brc1ccc(C2CC(NCCn3cccn3)C2)cc1. The number of nitrogens with one attached hydrogen (secondary N) is 1. The van der Waals surface area contributed by atoms with Crippen molar-refractivity contribution in [2.24, 2.45) is 0 Å². The standard InChI is InChI=1S/C15H18BrN3/c16-14-4-2-12(3-5-14)13-10-15(11-13)17-7-9-19-8-1-6-18-19/h1-6,8,13,15,17H,7,9-11H2. The molecule has 3 rings (SSSR count). The minimum Gasteiger partial charge on any atom is -0.312 e. The zero-order valence-corrected chi connectivity index (χ0v) is 12.4. The second-order valence-corrected chi connectivity index (χ2v) is 6.06. The minimum atomic E-state index is 0.671. The number of aromatic nitrogens is 2. The smallest absolute Gasteiger partial charge is 0.0534 e. The van der Waals surface area contributed by atoms with E-state index in [1.54, 1.807) is 0 Å². The molecule has 1 heterocycles. The number of hydrogen-bond acceptors (Lipinski definition) is 2. The van der Waals surface area contributed by atoms with Crippen LogP contribution in [0.3, 0.4) is 0 Å². The highest BCUT2D eigenvalue weighted by Crippen LogP contribution is 2.37. The van der Waals surface area contributed by atoms with E-state index in [9.17, 15) is 0 Å². The molecule has 1 fully saturated rings. The van der Waals surface area contributed by atoms with Gasteiger partial charge in [0.2, 0.25) is 0 Å². The Labute approximate surface area is 122 Å². The molecule has 0 aliphatic heterocycles. The van der Waals surface area contributed by atoms with Gasteiger partial charge in [0, 0.05) is 29.5 Å². The van der Waals surface area contributed by atoms with E-state index in [1.807, 2.05) is 23.1 Å². The molecule has 0 bridgehead atoms. The molecular formula is C15H18BrN3. The fourth-order valence-electron chi connectivity index (χ4n) is 2.61. The van der Waals surface area contributed by atoms with Gasteiger partial charge in [0.15, 0.2) is 0 Å². The molecule has 1 aliphatic carbocycles. The molecule has 3 nitrogen and oxygen atoms in total. The summed E-state index contributed by atoms with van der Waals surface area (Å²) in [5.41, 5.74) is 1.47. The van der Waals surface area contributed by atoms with Gasteiger partial charge < -0.3 is 5.32 Å². The van der Waals surface area contributed by atoms with Gasteiger partial charge in [-0.05, 0) is 42.5 Å². The van der Waals surface area contributed by atoms with Gasteiger partial charge in [-0.2, -0.15) is 5.10 Å². The van der Waals surface area contributed by atoms with Gasteiger partial charge in [0.05, 0.1) is 6.54 Å². The molecule has 0 radical (unpaired) electrons. The maximum atomic E-state index is 4.20. The van der Waals surface area contributed by atoms with E-state index in [4.69, 9.17) is 0 Å². The largest absolute Gasteiger partial charge is 0.312 e. The lowest BCUT2D eigenvalue weighted by Crippen LogP contribution is -2.41. The lowest BCUT2D eigenvalue weighted by atomic mass is 9.76. The van der Waals surface area contributed by atoms with Crippen molar-refractivity contribution in [3.05, 3.63) is 52.8 Å². The number of rotatable bonds is 5. The van der Waals surface area contributed by atoms with Crippen molar-refractivity contribution in [3.63, 3.8) is 0 Å². The highest BCUT2D eigenvalue weighted by Gasteiger charge is 2.29. The average Bonchev–Trinajstić information content (AvgIpc) is 2.87. The fraction of sp³-hybridized carbons (Fsp3) is 0.400. The average molecular weight is 320 g/mol. The fourth-order valence-corrected chi connectivity index (χ4v) is 2.87. The second-order valence-electron chi connectivity index (χ2n) is 5.14. The van der Waals surface area contributed by atoms with Crippen molar-refractivity contribution in [1.82, 2.24) is 15.1 Å². The van der Waals surface area contributed by atoms with Crippen molar-refractivity contribution in [1.29, 1.82) is 0 Å². The molecule has 1 aromatic heterocycles. The van der Waals surface area contributed by atoms with Crippen LogP contribution >= 0.6 is 15.9 Å². The number of hydrogen-bond donors (Lipinski definition) is 1. The van der Waals surface area contributed by atoms with E-state index in [0.29, 0.717) is 6.04 Å². The zero-order valence-electron chi connectivity index (χ0n) is 10.8. The Balaban J connectivity index is 1.39. The molecule has 0 spiro atoms. The van der Waals surface area contributed by atoms with Crippen LogP contribution in [0, 0.1) is 0 Å². The van der Waals surface area contributed by atoms with E-state index in [0.717, 1.165) is 23.5 Å². The highest BCUT2D eigenvalue weighted by molar-refractivity contribution is 9.10. The Kier molecular flexibility index (Phi) is 3.99. The Morgan fingerprint density at radius 1 is 1.26 bits per heavy atom. The zero-order chi connectivity index (χ0) is 13.1. The van der Waals surface area contributed by atoms with E-state index in [-0.39, 0.29) is 0 Å². The molecule has 2 aromatic rings. The van der Waals surface area contributed by atoms with Crippen LogP contribution in [0.15, 0.2) is 47.2 Å². The molecule has 0 saturated heterocycles. The third-order valence-electron chi connectivity index (χ3n) is 3.81. The van der Waals surface area contributed by atoms with Crippen LogP contribution < -0.4 is 5.32 Å². The van der Waals surface area contributed by atoms with Gasteiger partial charge >= 0.3 is 0 Å². The van der Waals surface area contributed by atoms with Crippen molar-refractivity contribution < 1.29 is 0 Å². The summed E-state index contributed by atoms with van der Waals surface area (Å²) in [6.45, 7) is 1.95. The summed E-state index contributed by atoms with van der Waals surface area (Å²) in [6.07, 6.45) is 6.33. The van der Waals surface area contributed by atoms with Crippen LogP contribution in [-0.2, 0) is 6.54 Å². The van der Waals surface area contributed by atoms with Crippen molar-refractivity contribution >= 4 is 15.9 Å². The van der Waals surface area contributed by atoms with Crippen LogP contribution in [0.5, 0.6) is 0 Å². The molecule has 1 aromatic carbocycles. The molecule has 1 aliphatic rings. The Hall–Kier alpha value is -1.13. The van der Waals surface area contributed by atoms with E-state index in [2.05, 4.69) is 50.6 Å². The summed E-state index contributed by atoms with van der Waals surface area (Å²) in [5, 5.41) is 7.80. The summed E-state index contributed by atoms with van der Waals surface area (Å²) in [6, 6.07) is 11.4. The Morgan fingerprint density at radius 2 is 2.05 bits per heavy atom. The van der Waals surface area contributed by atoms with Crippen molar-refractivity contribution in [2.75, 3.05) is 6.54 Å². The first-order valence-electron chi connectivity index (χ1n) is 6.77. The summed E-state index contributed by atoms with van der Waals surface area (Å²) < 4.78 is 3.13. The third kappa shape index (κ3) is 3.25. The maximum Gasteiger partial charge on any atom is 0.0534 e. The van der Waals surface area contributed by atoms with Gasteiger partial charge in [-0.15, -0.1) is 0 Å². The van der Waals surface area contributed by atoms with Crippen LogP contribution in [-0.4, -0.2) is 22.4 Å². The van der Waals surface area contributed by atoms with Crippen LogP contribution in [0.25, 0.3) is 0 Å². The quantitative estimate of drug-likeness (QED) is 0.917.